The van der Waals surface area contributed by atoms with Crippen molar-refractivity contribution in [2.75, 3.05) is 7.11 Å². The molecule has 0 radical (unpaired) electrons. The summed E-state index contributed by atoms with van der Waals surface area (Å²) in [6.07, 6.45) is 2.66. The molecule has 0 saturated heterocycles. The first-order valence-electron chi connectivity index (χ1n) is 10.3. The number of amides is 1. The van der Waals surface area contributed by atoms with Crippen molar-refractivity contribution in [3.8, 4) is 23.1 Å². The Morgan fingerprint density at radius 1 is 1.03 bits per heavy atom. The number of aromatic hydroxyl groups is 1. The number of nitrogens with zero attached hydrogens (tertiary/aromatic N) is 4. The average Bonchev–Trinajstić information content (AvgIpc) is 2.87. The van der Waals surface area contributed by atoms with Crippen LogP contribution in [0.4, 0.5) is 0 Å². The number of hydrogen-bond donors (Lipinski definition) is 5. The van der Waals surface area contributed by atoms with E-state index in [1.807, 2.05) is 0 Å². The Balaban J connectivity index is 1.68. The molecule has 1 amide bonds. The fraction of sp³-hybridized carbons (Fsp3) is 0.0870. The Labute approximate surface area is 200 Å². The van der Waals surface area contributed by atoms with E-state index < -0.39 is 25.8 Å². The summed E-state index contributed by atoms with van der Waals surface area (Å²) in [6.45, 7) is 0. The van der Waals surface area contributed by atoms with E-state index in [1.54, 1.807) is 42.5 Å². The fourth-order valence-electron chi connectivity index (χ4n) is 3.37. The van der Waals surface area contributed by atoms with Crippen LogP contribution in [0.3, 0.4) is 0 Å². The fourth-order valence-corrected chi connectivity index (χ4v) is 4.05. The van der Waals surface area contributed by atoms with Crippen LogP contribution in [0.2, 0.25) is 0 Å². The minimum absolute atomic E-state index is 0.0535. The molecule has 4 rings (SSSR count). The second kappa shape index (κ2) is 10.1. The molecule has 12 heteroatoms. The summed E-state index contributed by atoms with van der Waals surface area (Å²) in [5.41, 5.74) is 1.25. The molecule has 0 saturated carbocycles. The molecule has 0 bridgehead atoms. The molecule has 2 aromatic carbocycles. The van der Waals surface area contributed by atoms with Gasteiger partial charge in [-0.2, -0.15) is 5.10 Å². The molecule has 2 aromatic heterocycles. The molecule has 0 spiro atoms. The second-order valence-electron chi connectivity index (χ2n) is 7.48. The number of methoxy groups -OCH3 is 1. The van der Waals surface area contributed by atoms with E-state index in [0.717, 1.165) is 0 Å². The zero-order valence-electron chi connectivity index (χ0n) is 18.4. The number of carbonyl (C=O) groups is 1. The molecule has 4 aromatic rings. The number of nitrogens with one attached hydrogen (secondary N) is 1. The van der Waals surface area contributed by atoms with E-state index in [0.29, 0.717) is 22.6 Å². The quantitative estimate of drug-likeness (QED) is 0.235. The van der Waals surface area contributed by atoms with Crippen molar-refractivity contribution < 1.29 is 29.3 Å². The maximum absolute atomic E-state index is 13.1. The number of benzene rings is 2. The first kappa shape index (κ1) is 24.1. The van der Waals surface area contributed by atoms with Crippen molar-refractivity contribution in [3.05, 3.63) is 89.7 Å². The molecular weight excluding hydrogens is 473 g/mol. The van der Waals surface area contributed by atoms with Gasteiger partial charge in [-0.15, -0.1) is 0 Å². The summed E-state index contributed by atoms with van der Waals surface area (Å²) in [5.74, 6) is -0.528. The van der Waals surface area contributed by atoms with Crippen LogP contribution in [-0.2, 0) is 0 Å². The van der Waals surface area contributed by atoms with Gasteiger partial charge in [-0.3, -0.25) is 0 Å². The van der Waals surface area contributed by atoms with Gasteiger partial charge in [0.2, 0.25) is 0 Å². The van der Waals surface area contributed by atoms with Crippen LogP contribution < -0.4 is 15.4 Å². The van der Waals surface area contributed by atoms with E-state index in [9.17, 15) is 24.6 Å². The number of hydrogen-bond acceptors (Lipinski definition) is 10. The number of rotatable bonds is 7. The summed E-state index contributed by atoms with van der Waals surface area (Å²) in [6, 6.07) is 15.3. The van der Waals surface area contributed by atoms with Crippen LogP contribution in [0.5, 0.6) is 11.6 Å². The summed E-state index contributed by atoms with van der Waals surface area (Å²) >= 11 is 0. The van der Waals surface area contributed by atoms with Crippen LogP contribution in [0, 0.1) is 0 Å². The molecule has 11 nitrogen and oxygen atoms in total. The number of carbonyl (C=O) groups excluding carboxylic acids is 1. The van der Waals surface area contributed by atoms with Gasteiger partial charge in [-0.25, -0.2) is 0 Å². The third kappa shape index (κ3) is 5.56. The molecule has 35 heavy (non-hydrogen) atoms. The molecule has 0 aliphatic rings. The Morgan fingerprint density at radius 3 is 2.43 bits per heavy atom. The van der Waals surface area contributed by atoms with Crippen molar-refractivity contribution >= 4 is 19.2 Å². The Hall–Kier alpha value is -4.02. The van der Waals surface area contributed by atoms with Crippen molar-refractivity contribution in [2.24, 2.45) is 0 Å². The van der Waals surface area contributed by atoms with Gasteiger partial charge in [0.25, 0.3) is 0 Å². The molecule has 0 aliphatic heterocycles. The molecule has 1 atom stereocenters. The van der Waals surface area contributed by atoms with Gasteiger partial charge in [0.15, 0.2) is 0 Å². The SMILES string of the molecule is COc1ccc(C(NC(=O)c2cnc(-c3cccnn3)nc2O)c2cccc([PH](O)(O)O)c2)cc1. The molecular formula is C23H22N5O6P. The van der Waals surface area contributed by atoms with E-state index in [2.05, 4.69) is 25.5 Å². The zero-order valence-corrected chi connectivity index (χ0v) is 19.4. The zero-order chi connectivity index (χ0) is 25.0. The van der Waals surface area contributed by atoms with Gasteiger partial charge in [0.05, 0.1) is 0 Å². The molecule has 5 N–H and O–H groups in total. The van der Waals surface area contributed by atoms with Crippen molar-refractivity contribution in [1.29, 1.82) is 0 Å². The third-order valence-corrected chi connectivity index (χ3v) is 6.23. The molecule has 0 fully saturated rings. The molecule has 2 heterocycles. The standard InChI is InChI=1S/C23H22N5O6P/c1-34-16-9-7-14(8-10-16)20(15-4-2-5-17(12-15)35(31,32)33)26-22(29)18-13-24-21(27-23(18)30)19-6-3-11-25-28-19/h2-13,20,31-33,35H,1H3,(H,26,29)(H,24,27,30). The molecule has 1 unspecified atom stereocenters. The van der Waals surface area contributed by atoms with Gasteiger partial charge in [0, 0.05) is 6.20 Å². The summed E-state index contributed by atoms with van der Waals surface area (Å²) in [5, 5.41) is 20.8. The van der Waals surface area contributed by atoms with Gasteiger partial charge in [-0.05, 0) is 6.07 Å². The van der Waals surface area contributed by atoms with Gasteiger partial charge >= 0.3 is 183 Å². The minimum atomic E-state index is -4.58. The van der Waals surface area contributed by atoms with Crippen LogP contribution in [0.15, 0.2) is 73.1 Å². The van der Waals surface area contributed by atoms with Gasteiger partial charge in [-0.1, -0.05) is 0 Å². The summed E-state index contributed by atoms with van der Waals surface area (Å²) < 4.78 is 5.19. The Bertz CT molecular complexity index is 1330. The molecule has 180 valence electrons. The first-order valence-corrected chi connectivity index (χ1v) is 12.2. The second-order valence-corrected chi connectivity index (χ2v) is 9.33. The Morgan fingerprint density at radius 2 is 1.80 bits per heavy atom. The van der Waals surface area contributed by atoms with Crippen LogP contribution >= 0.6 is 7.94 Å². The van der Waals surface area contributed by atoms with Gasteiger partial charge < -0.3 is 0 Å². The normalized spacial score (nSPS) is 12.6. The van der Waals surface area contributed by atoms with Crippen LogP contribution in [0.1, 0.15) is 27.5 Å². The summed E-state index contributed by atoms with van der Waals surface area (Å²) in [4.78, 5) is 50.4. The van der Waals surface area contributed by atoms with Crippen molar-refractivity contribution in [1.82, 2.24) is 25.5 Å². The van der Waals surface area contributed by atoms with Crippen molar-refractivity contribution in [3.63, 3.8) is 0 Å². The van der Waals surface area contributed by atoms with E-state index in [1.165, 1.54) is 37.7 Å². The summed E-state index contributed by atoms with van der Waals surface area (Å²) in [7, 11) is -3.05. The van der Waals surface area contributed by atoms with Crippen LogP contribution in [0.25, 0.3) is 11.5 Å². The predicted molar refractivity (Wildman–Crippen MR) is 128 cm³/mol. The Kier molecular flexibility index (Phi) is 6.94. The number of aromatic nitrogens is 4. The van der Waals surface area contributed by atoms with Crippen molar-refractivity contribution in [2.45, 2.75) is 6.04 Å². The van der Waals surface area contributed by atoms with E-state index in [4.69, 9.17) is 4.74 Å². The van der Waals surface area contributed by atoms with Crippen LogP contribution in [-0.4, -0.2) is 53.0 Å². The van der Waals surface area contributed by atoms with Gasteiger partial charge in [0.1, 0.15) is 0 Å². The molecule has 0 aliphatic carbocycles. The number of ether oxygens (including phenoxy) is 1. The first-order chi connectivity index (χ1) is 16.8. The average molecular weight is 495 g/mol. The monoisotopic (exact) mass is 495 g/mol. The predicted octanol–water partition coefficient (Wildman–Crippen LogP) is 1.26. The topological polar surface area (TPSA) is 171 Å². The van der Waals surface area contributed by atoms with E-state index >= 15 is 0 Å². The third-order valence-electron chi connectivity index (χ3n) is 5.15. The maximum atomic E-state index is 13.1. The van der Waals surface area contributed by atoms with E-state index in [-0.39, 0.29) is 16.7 Å².